The number of amides is 2. The van der Waals surface area contributed by atoms with E-state index in [4.69, 9.17) is 0 Å². The number of hydrogen-bond donors (Lipinski definition) is 5. The monoisotopic (exact) mass is 602 g/mol. The predicted molar refractivity (Wildman–Crippen MR) is 170 cm³/mol. The molecule has 0 saturated heterocycles. The van der Waals surface area contributed by atoms with Crippen molar-refractivity contribution in [3.05, 3.63) is 41.5 Å². The van der Waals surface area contributed by atoms with Crippen molar-refractivity contribution in [1.29, 1.82) is 0 Å². The number of benzene rings is 1. The van der Waals surface area contributed by atoms with Gasteiger partial charge in [-0.2, -0.15) is 0 Å². The lowest BCUT2D eigenvalue weighted by Crippen LogP contribution is -2.66. The topological polar surface area (TPSA) is 128 Å². The van der Waals surface area contributed by atoms with Crippen LogP contribution in [0, 0.1) is 17.8 Å². The molecule has 9 nitrogen and oxygen atoms in total. The number of hydrogen-bond acceptors (Lipinski definition) is 8. The van der Waals surface area contributed by atoms with Crippen molar-refractivity contribution >= 4 is 50.6 Å². The molecule has 2 atom stereocenters. The molecule has 5 fully saturated rings. The fourth-order valence-corrected chi connectivity index (χ4v) is 9.42. The first kappa shape index (κ1) is 28.5. The van der Waals surface area contributed by atoms with Gasteiger partial charge in [0, 0.05) is 41.5 Å². The lowest BCUT2D eigenvalue weighted by Gasteiger charge is -2.60. The zero-order valence-electron chi connectivity index (χ0n) is 25.0. The molecule has 10 heteroatoms. The van der Waals surface area contributed by atoms with Crippen LogP contribution in [0.1, 0.15) is 88.4 Å². The van der Waals surface area contributed by atoms with Crippen LogP contribution in [0.4, 0.5) is 17.2 Å². The second-order valence-electron chi connectivity index (χ2n) is 14.1. The third-order valence-electron chi connectivity index (χ3n) is 10.0. The molecular weight excluding hydrogens is 560 g/mol. The van der Waals surface area contributed by atoms with Crippen LogP contribution in [0.25, 0.3) is 10.2 Å². The van der Waals surface area contributed by atoms with Gasteiger partial charge in [0.15, 0.2) is 0 Å². The second-order valence-corrected chi connectivity index (χ2v) is 14.9. The minimum Gasteiger partial charge on any atom is -0.390 e. The average molecular weight is 603 g/mol. The summed E-state index contributed by atoms with van der Waals surface area (Å²) in [6.45, 7) is 4.09. The molecule has 0 spiro atoms. The van der Waals surface area contributed by atoms with Gasteiger partial charge in [-0.05, 0) is 108 Å². The summed E-state index contributed by atoms with van der Waals surface area (Å²) < 4.78 is 1.10. The molecule has 2 unspecified atom stereocenters. The maximum absolute atomic E-state index is 13.4. The summed E-state index contributed by atoms with van der Waals surface area (Å²) in [5.41, 5.74) is 4.16. The number of fused-ring (bicyclic) bond motifs is 1. The van der Waals surface area contributed by atoms with E-state index in [1.54, 1.807) is 17.5 Å². The van der Waals surface area contributed by atoms with E-state index in [1.165, 1.54) is 6.42 Å². The highest BCUT2D eigenvalue weighted by atomic mass is 32.1. The molecule has 8 rings (SSSR count). The van der Waals surface area contributed by atoms with E-state index in [1.807, 2.05) is 43.6 Å². The third kappa shape index (κ3) is 5.96. The zero-order valence-corrected chi connectivity index (χ0v) is 25.8. The molecule has 0 radical (unpaired) electrons. The number of pyridine rings is 1. The van der Waals surface area contributed by atoms with Crippen molar-refractivity contribution in [2.75, 3.05) is 10.6 Å². The normalized spacial score (nSPS) is 31.3. The second kappa shape index (κ2) is 11.0. The Kier molecular flexibility index (Phi) is 7.32. The Morgan fingerprint density at radius 2 is 1.79 bits per heavy atom. The van der Waals surface area contributed by atoms with Gasteiger partial charge in [-0.15, -0.1) is 11.3 Å². The third-order valence-corrected chi connectivity index (χ3v) is 10.8. The first-order valence-electron chi connectivity index (χ1n) is 15.9. The maximum Gasteiger partial charge on any atom is 0.255 e. The summed E-state index contributed by atoms with van der Waals surface area (Å²) in [4.78, 5) is 35.7. The van der Waals surface area contributed by atoms with Gasteiger partial charge in [0.25, 0.3) is 5.91 Å². The Hall–Kier alpha value is -3.24. The lowest BCUT2D eigenvalue weighted by atomic mass is 9.51. The number of aliphatic hydroxyl groups is 1. The van der Waals surface area contributed by atoms with E-state index in [2.05, 4.69) is 31.2 Å². The highest BCUT2D eigenvalue weighted by molar-refractivity contribution is 7.16. The van der Waals surface area contributed by atoms with E-state index >= 15 is 0 Å². The molecule has 2 aromatic heterocycles. The summed E-state index contributed by atoms with van der Waals surface area (Å²) in [5.74, 6) is 1.69. The highest BCUT2D eigenvalue weighted by Gasteiger charge is 2.57. The van der Waals surface area contributed by atoms with Gasteiger partial charge in [0.05, 0.1) is 32.6 Å². The van der Waals surface area contributed by atoms with E-state index in [0.29, 0.717) is 29.6 Å². The smallest absolute Gasteiger partial charge is 0.255 e. The van der Waals surface area contributed by atoms with Crippen LogP contribution in [-0.2, 0) is 4.79 Å². The van der Waals surface area contributed by atoms with Crippen molar-refractivity contribution in [1.82, 2.24) is 20.6 Å². The molecule has 0 aliphatic heterocycles. The minimum absolute atomic E-state index is 0.0210. The van der Waals surface area contributed by atoms with Crippen LogP contribution < -0.4 is 21.3 Å². The van der Waals surface area contributed by atoms with Crippen LogP contribution in [0.3, 0.4) is 0 Å². The van der Waals surface area contributed by atoms with Crippen molar-refractivity contribution < 1.29 is 14.7 Å². The van der Waals surface area contributed by atoms with Gasteiger partial charge in [0.2, 0.25) is 5.91 Å². The molecule has 2 amide bonds. The number of rotatable bonds is 8. The molecule has 228 valence electrons. The van der Waals surface area contributed by atoms with Gasteiger partial charge < -0.3 is 26.4 Å². The fourth-order valence-electron chi connectivity index (χ4n) is 8.70. The highest BCUT2D eigenvalue weighted by Crippen LogP contribution is 2.57. The van der Waals surface area contributed by atoms with E-state index in [0.717, 1.165) is 73.0 Å². The molecule has 5 aliphatic carbocycles. The number of carbonyl (C=O) groups excluding carboxylic acids is 2. The van der Waals surface area contributed by atoms with E-state index in [9.17, 15) is 14.7 Å². The van der Waals surface area contributed by atoms with Gasteiger partial charge >= 0.3 is 0 Å². The summed E-state index contributed by atoms with van der Waals surface area (Å²) in [6.07, 6.45) is 10.4. The van der Waals surface area contributed by atoms with E-state index in [-0.39, 0.29) is 35.4 Å². The summed E-state index contributed by atoms with van der Waals surface area (Å²) in [5, 5.41) is 24.5. The molecule has 43 heavy (non-hydrogen) atoms. The average Bonchev–Trinajstić information content (AvgIpc) is 3.39. The van der Waals surface area contributed by atoms with E-state index < -0.39 is 5.60 Å². The zero-order chi connectivity index (χ0) is 29.8. The molecule has 2 heterocycles. The number of thiazole rings is 1. The van der Waals surface area contributed by atoms with Gasteiger partial charge in [0.1, 0.15) is 5.82 Å². The first-order valence-corrected chi connectivity index (χ1v) is 16.7. The van der Waals surface area contributed by atoms with Crippen LogP contribution in [0.2, 0.25) is 0 Å². The Balaban J connectivity index is 0.962. The maximum atomic E-state index is 13.4. The molecular formula is C33H42N6O3S. The van der Waals surface area contributed by atoms with Gasteiger partial charge in [-0.3, -0.25) is 9.59 Å². The van der Waals surface area contributed by atoms with Crippen LogP contribution in [0.5, 0.6) is 0 Å². The summed E-state index contributed by atoms with van der Waals surface area (Å²) in [7, 11) is 0. The summed E-state index contributed by atoms with van der Waals surface area (Å²) in [6, 6.07) is 8.05. The van der Waals surface area contributed by atoms with Crippen LogP contribution >= 0.6 is 11.3 Å². The van der Waals surface area contributed by atoms with Crippen LogP contribution in [-0.4, -0.2) is 50.1 Å². The number of anilines is 3. The van der Waals surface area contributed by atoms with Crippen molar-refractivity contribution in [2.24, 2.45) is 17.8 Å². The fraction of sp³-hybridized carbons (Fsp3) is 0.576. The number of nitrogens with one attached hydrogen (secondary N) is 4. The lowest BCUT2D eigenvalue weighted by molar-refractivity contribution is -0.153. The Labute approximate surface area is 256 Å². The Morgan fingerprint density at radius 1 is 1.02 bits per heavy atom. The Bertz CT molecular complexity index is 1520. The molecule has 5 saturated carbocycles. The quantitative estimate of drug-likeness (QED) is 0.222. The van der Waals surface area contributed by atoms with Gasteiger partial charge in [-0.1, -0.05) is 0 Å². The standard InChI is InChI=1S/C33H42N6O3S/c1-19(2)36-27-11-29(37-24-7-8-26-28(10-24)43-18-35-26)34-16-25(27)31(41)38-23-5-3-22(4-6-23)30(40)39-32-12-20-9-21(13-32)15-33(42,14-20)17-32/h7-8,10-11,16,18-23,42H,3-6,9,12-15,17H2,1-2H3,(H,38,41)(H,39,40)(H2,34,36,37). The number of nitrogens with zero attached hydrogens (tertiary/aromatic N) is 2. The predicted octanol–water partition coefficient (Wildman–Crippen LogP) is 5.74. The SMILES string of the molecule is CC(C)Nc1cc(Nc2ccc3ncsc3c2)ncc1C(=O)NC1CCC(C(=O)NC23CC4CC(CC(O)(C4)C2)C3)CC1. The molecule has 1 aromatic carbocycles. The molecule has 4 bridgehead atoms. The largest absolute Gasteiger partial charge is 0.390 e. The van der Waals surface area contributed by atoms with Crippen molar-refractivity contribution in [3.63, 3.8) is 0 Å². The van der Waals surface area contributed by atoms with Crippen LogP contribution in [0.15, 0.2) is 36.0 Å². The van der Waals surface area contributed by atoms with Crippen molar-refractivity contribution in [2.45, 2.75) is 101 Å². The molecule has 5 N–H and O–H groups in total. The first-order chi connectivity index (χ1) is 20.6. The number of carbonyl (C=O) groups is 2. The molecule has 5 aliphatic rings. The van der Waals surface area contributed by atoms with Crippen molar-refractivity contribution in [3.8, 4) is 0 Å². The van der Waals surface area contributed by atoms with Gasteiger partial charge in [-0.25, -0.2) is 9.97 Å². The minimum atomic E-state index is -0.582. The number of aromatic nitrogens is 2. The summed E-state index contributed by atoms with van der Waals surface area (Å²) >= 11 is 1.59. The molecule has 3 aromatic rings. The Morgan fingerprint density at radius 3 is 2.51 bits per heavy atom.